The molecule has 0 unspecified atom stereocenters. The fraction of sp³-hybridized carbons (Fsp3) is 0.0526. The van der Waals surface area contributed by atoms with Gasteiger partial charge in [0, 0.05) is 28.4 Å². The molecular weight excluding hydrogens is 302 g/mol. The first-order chi connectivity index (χ1) is 11.7. The van der Waals surface area contributed by atoms with Gasteiger partial charge in [-0.25, -0.2) is 0 Å². The highest BCUT2D eigenvalue weighted by molar-refractivity contribution is 6.10. The summed E-state index contributed by atoms with van der Waals surface area (Å²) in [4.78, 5) is 15.4. The average Bonchev–Trinajstić information content (AvgIpc) is 3.02. The minimum Gasteiger partial charge on any atom is -0.497 e. The van der Waals surface area contributed by atoms with Crippen molar-refractivity contribution in [2.75, 3.05) is 12.4 Å². The number of nitrogens with zero attached hydrogens (tertiary/aromatic N) is 1. The second kappa shape index (κ2) is 6.71. The van der Waals surface area contributed by atoms with Crippen LogP contribution in [0.2, 0.25) is 0 Å². The summed E-state index contributed by atoms with van der Waals surface area (Å²) in [6, 6.07) is 16.6. The summed E-state index contributed by atoms with van der Waals surface area (Å²) in [5, 5.41) is 12.9. The lowest BCUT2D eigenvalue weighted by molar-refractivity contribution is -0.112. The highest BCUT2D eigenvalue weighted by Gasteiger charge is 2.11. The Morgan fingerprint density at radius 1 is 1.25 bits per heavy atom. The molecule has 0 atom stereocenters. The van der Waals surface area contributed by atoms with Crippen LogP contribution in [0.25, 0.3) is 17.0 Å². The van der Waals surface area contributed by atoms with Crippen molar-refractivity contribution in [3.8, 4) is 11.8 Å². The largest absolute Gasteiger partial charge is 0.497 e. The van der Waals surface area contributed by atoms with E-state index in [9.17, 15) is 10.1 Å². The second-order valence-electron chi connectivity index (χ2n) is 5.15. The van der Waals surface area contributed by atoms with Gasteiger partial charge in [-0.05, 0) is 36.4 Å². The maximum Gasteiger partial charge on any atom is 0.266 e. The third-order valence-corrected chi connectivity index (χ3v) is 3.62. The highest BCUT2D eigenvalue weighted by atomic mass is 16.5. The van der Waals surface area contributed by atoms with Gasteiger partial charge in [-0.3, -0.25) is 4.79 Å². The molecule has 0 aliphatic carbocycles. The van der Waals surface area contributed by atoms with Gasteiger partial charge >= 0.3 is 0 Å². The van der Waals surface area contributed by atoms with Crippen LogP contribution >= 0.6 is 0 Å². The van der Waals surface area contributed by atoms with Gasteiger partial charge in [0.1, 0.15) is 17.4 Å². The van der Waals surface area contributed by atoms with E-state index in [0.717, 1.165) is 16.5 Å². The minimum atomic E-state index is -0.444. The minimum absolute atomic E-state index is 0.0302. The average molecular weight is 317 g/mol. The zero-order valence-corrected chi connectivity index (χ0v) is 13.0. The Kier molecular flexibility index (Phi) is 4.30. The third kappa shape index (κ3) is 3.13. The van der Waals surface area contributed by atoms with E-state index >= 15 is 0 Å². The summed E-state index contributed by atoms with van der Waals surface area (Å²) in [6.07, 6.45) is 3.33. The number of aromatic nitrogens is 1. The Hall–Kier alpha value is -3.52. The zero-order chi connectivity index (χ0) is 16.9. The Morgan fingerprint density at radius 3 is 2.75 bits per heavy atom. The molecule has 2 N–H and O–H groups in total. The van der Waals surface area contributed by atoms with Crippen molar-refractivity contribution >= 4 is 28.6 Å². The molecule has 1 heterocycles. The highest BCUT2D eigenvalue weighted by Crippen LogP contribution is 2.25. The number of ether oxygens (including phenoxy) is 1. The number of methoxy groups -OCH3 is 1. The normalized spacial score (nSPS) is 11.1. The van der Waals surface area contributed by atoms with Gasteiger partial charge in [-0.15, -0.1) is 0 Å². The van der Waals surface area contributed by atoms with Crippen LogP contribution in [0.3, 0.4) is 0 Å². The molecule has 0 spiro atoms. The van der Waals surface area contributed by atoms with E-state index in [0.29, 0.717) is 11.4 Å². The summed E-state index contributed by atoms with van der Waals surface area (Å²) in [5.41, 5.74) is 2.33. The van der Waals surface area contributed by atoms with Gasteiger partial charge in [-0.1, -0.05) is 18.2 Å². The number of benzene rings is 2. The molecular formula is C19H15N3O2. The molecule has 24 heavy (non-hydrogen) atoms. The van der Waals surface area contributed by atoms with Crippen molar-refractivity contribution in [3.05, 3.63) is 65.9 Å². The molecule has 0 saturated heterocycles. The fourth-order valence-electron chi connectivity index (χ4n) is 2.39. The first-order valence-corrected chi connectivity index (χ1v) is 7.34. The third-order valence-electron chi connectivity index (χ3n) is 3.62. The van der Waals surface area contributed by atoms with Gasteiger partial charge < -0.3 is 15.0 Å². The summed E-state index contributed by atoms with van der Waals surface area (Å²) in [5.74, 6) is 0.268. The van der Waals surface area contributed by atoms with E-state index in [-0.39, 0.29) is 5.57 Å². The quantitative estimate of drug-likeness (QED) is 0.568. The molecule has 5 nitrogen and oxygen atoms in total. The second-order valence-corrected chi connectivity index (χ2v) is 5.15. The number of fused-ring (bicyclic) bond motifs is 1. The SMILES string of the molecule is COc1ccc2[nH]cc(C=C(C#N)C(=O)Nc3ccccc3)c2c1. The topological polar surface area (TPSA) is 77.9 Å². The van der Waals surface area contributed by atoms with E-state index < -0.39 is 5.91 Å². The van der Waals surface area contributed by atoms with Crippen molar-refractivity contribution in [2.45, 2.75) is 0 Å². The molecule has 0 bridgehead atoms. The van der Waals surface area contributed by atoms with Gasteiger partial charge in [0.05, 0.1) is 7.11 Å². The predicted octanol–water partition coefficient (Wildman–Crippen LogP) is 3.72. The predicted molar refractivity (Wildman–Crippen MR) is 93.5 cm³/mol. The number of hydrogen-bond donors (Lipinski definition) is 2. The van der Waals surface area contributed by atoms with Crippen LogP contribution in [0.5, 0.6) is 5.75 Å². The van der Waals surface area contributed by atoms with Crippen molar-refractivity contribution in [2.24, 2.45) is 0 Å². The van der Waals surface area contributed by atoms with E-state index in [2.05, 4.69) is 10.3 Å². The van der Waals surface area contributed by atoms with Crippen LogP contribution < -0.4 is 10.1 Å². The Balaban J connectivity index is 1.93. The molecule has 1 aromatic heterocycles. The van der Waals surface area contributed by atoms with Crippen LogP contribution in [0.15, 0.2) is 60.3 Å². The molecule has 0 aliphatic heterocycles. The van der Waals surface area contributed by atoms with Crippen molar-refractivity contribution in [3.63, 3.8) is 0 Å². The van der Waals surface area contributed by atoms with E-state index in [1.807, 2.05) is 42.5 Å². The van der Waals surface area contributed by atoms with Crippen molar-refractivity contribution < 1.29 is 9.53 Å². The molecule has 3 aromatic rings. The number of rotatable bonds is 4. The van der Waals surface area contributed by atoms with Gasteiger partial charge in [0.2, 0.25) is 0 Å². The van der Waals surface area contributed by atoms with Crippen molar-refractivity contribution in [1.29, 1.82) is 5.26 Å². The monoisotopic (exact) mass is 317 g/mol. The molecule has 2 aromatic carbocycles. The summed E-state index contributed by atoms with van der Waals surface area (Å²) < 4.78 is 5.23. The maximum atomic E-state index is 12.3. The van der Waals surface area contributed by atoms with Crippen LogP contribution in [0, 0.1) is 11.3 Å². The molecule has 1 amide bonds. The number of carbonyl (C=O) groups is 1. The number of carbonyl (C=O) groups excluding carboxylic acids is 1. The Labute approximate surface area is 139 Å². The number of nitriles is 1. The lowest BCUT2D eigenvalue weighted by atomic mass is 10.1. The number of H-pyrrole nitrogens is 1. The number of aromatic amines is 1. The lowest BCUT2D eigenvalue weighted by Gasteiger charge is -2.03. The van der Waals surface area contributed by atoms with E-state index in [1.165, 1.54) is 0 Å². The smallest absolute Gasteiger partial charge is 0.266 e. The molecule has 118 valence electrons. The summed E-state index contributed by atoms with van der Waals surface area (Å²) in [6.45, 7) is 0. The molecule has 0 radical (unpaired) electrons. The summed E-state index contributed by atoms with van der Waals surface area (Å²) >= 11 is 0. The zero-order valence-electron chi connectivity index (χ0n) is 13.0. The maximum absolute atomic E-state index is 12.3. The van der Waals surface area contributed by atoms with E-state index in [1.54, 1.807) is 31.5 Å². The molecule has 3 rings (SSSR count). The van der Waals surface area contributed by atoms with Gasteiger partial charge in [0.15, 0.2) is 0 Å². The van der Waals surface area contributed by atoms with Crippen molar-refractivity contribution in [1.82, 2.24) is 4.98 Å². The lowest BCUT2D eigenvalue weighted by Crippen LogP contribution is -2.13. The number of anilines is 1. The van der Waals surface area contributed by atoms with Gasteiger partial charge in [-0.2, -0.15) is 5.26 Å². The molecule has 5 heteroatoms. The number of nitrogens with one attached hydrogen (secondary N) is 2. The Morgan fingerprint density at radius 2 is 2.04 bits per heavy atom. The fourth-order valence-corrected chi connectivity index (χ4v) is 2.39. The van der Waals surface area contributed by atoms with Crippen LogP contribution in [0.4, 0.5) is 5.69 Å². The summed E-state index contributed by atoms with van der Waals surface area (Å²) in [7, 11) is 1.59. The van der Waals surface area contributed by atoms with Crippen LogP contribution in [-0.4, -0.2) is 18.0 Å². The first-order valence-electron chi connectivity index (χ1n) is 7.34. The standard InChI is InChI=1S/C19H15N3O2/c1-24-16-7-8-18-17(10-16)14(12-21-18)9-13(11-20)19(23)22-15-5-3-2-4-6-15/h2-10,12,21H,1H3,(H,22,23). The van der Waals surface area contributed by atoms with E-state index in [4.69, 9.17) is 4.74 Å². The van der Waals surface area contributed by atoms with Gasteiger partial charge in [0.25, 0.3) is 5.91 Å². The first kappa shape index (κ1) is 15.4. The Bertz CT molecular complexity index is 950. The molecule has 0 fully saturated rings. The van der Waals surface area contributed by atoms with Crippen LogP contribution in [-0.2, 0) is 4.79 Å². The molecule has 0 saturated carbocycles. The number of hydrogen-bond acceptors (Lipinski definition) is 3. The van der Waals surface area contributed by atoms with Crippen LogP contribution in [0.1, 0.15) is 5.56 Å². The number of para-hydroxylation sites is 1. The number of amides is 1. The molecule has 0 aliphatic rings.